The number of anilines is 1. The summed E-state index contributed by atoms with van der Waals surface area (Å²) in [6, 6.07) is 14.0. The van der Waals surface area contributed by atoms with E-state index in [2.05, 4.69) is 10.2 Å². The third kappa shape index (κ3) is 4.01. The summed E-state index contributed by atoms with van der Waals surface area (Å²) in [7, 11) is 0. The van der Waals surface area contributed by atoms with Gasteiger partial charge in [0.25, 0.3) is 5.69 Å². The lowest BCUT2D eigenvalue weighted by Crippen LogP contribution is -2.48. The molecule has 1 amide bonds. The first-order valence-corrected chi connectivity index (χ1v) is 9.45. The van der Waals surface area contributed by atoms with Crippen LogP contribution in [0, 0.1) is 22.0 Å². The molecule has 2 aromatic rings. The minimum atomic E-state index is -0.396. The number of carbonyl (C=O) groups excluding carboxylic acids is 1. The van der Waals surface area contributed by atoms with Gasteiger partial charge in [0, 0.05) is 30.8 Å². The number of fused-ring (bicyclic) bond motifs is 3. The van der Waals surface area contributed by atoms with Crippen LogP contribution < -0.4 is 5.32 Å². The molecule has 1 atom stereocenters. The normalized spacial score (nSPS) is 23.8. The van der Waals surface area contributed by atoms with Crippen molar-refractivity contribution in [1.29, 1.82) is 0 Å². The summed E-state index contributed by atoms with van der Waals surface area (Å²) in [4.78, 5) is 25.4. The molecular weight excluding hydrogens is 342 g/mol. The van der Waals surface area contributed by atoms with Crippen LogP contribution in [0.2, 0.25) is 0 Å². The molecule has 27 heavy (non-hydrogen) atoms. The smallest absolute Gasteiger partial charge is 0.270 e. The first-order chi connectivity index (χ1) is 13.1. The zero-order valence-electron chi connectivity index (χ0n) is 15.1. The van der Waals surface area contributed by atoms with Crippen LogP contribution in [0.25, 0.3) is 11.1 Å². The van der Waals surface area contributed by atoms with Gasteiger partial charge in [0.15, 0.2) is 0 Å². The van der Waals surface area contributed by atoms with E-state index < -0.39 is 4.92 Å². The summed E-state index contributed by atoms with van der Waals surface area (Å²) < 4.78 is 0. The third-order valence-corrected chi connectivity index (χ3v) is 5.80. The van der Waals surface area contributed by atoms with Gasteiger partial charge in [0.05, 0.1) is 4.92 Å². The van der Waals surface area contributed by atoms with E-state index in [9.17, 15) is 14.9 Å². The molecule has 3 aliphatic heterocycles. The van der Waals surface area contributed by atoms with Gasteiger partial charge in [-0.15, -0.1) is 0 Å². The van der Waals surface area contributed by atoms with Crippen LogP contribution in [0.4, 0.5) is 11.4 Å². The van der Waals surface area contributed by atoms with Gasteiger partial charge in [0.2, 0.25) is 5.91 Å². The van der Waals surface area contributed by atoms with Crippen LogP contribution >= 0.6 is 0 Å². The number of carbonyl (C=O) groups is 1. The number of piperidine rings is 3. The molecular formula is C21H23N3O3. The van der Waals surface area contributed by atoms with E-state index >= 15 is 0 Å². The highest BCUT2D eigenvalue weighted by Gasteiger charge is 2.34. The highest BCUT2D eigenvalue weighted by molar-refractivity contribution is 5.91. The Kier molecular flexibility index (Phi) is 4.90. The van der Waals surface area contributed by atoms with Gasteiger partial charge in [-0.1, -0.05) is 24.3 Å². The lowest BCUT2D eigenvalue weighted by Gasteiger charge is -2.44. The van der Waals surface area contributed by atoms with Crippen molar-refractivity contribution in [2.45, 2.75) is 19.3 Å². The minimum absolute atomic E-state index is 0.0665. The Morgan fingerprint density at radius 2 is 1.85 bits per heavy atom. The van der Waals surface area contributed by atoms with E-state index in [1.807, 2.05) is 30.3 Å². The van der Waals surface area contributed by atoms with E-state index in [1.165, 1.54) is 32.0 Å². The fourth-order valence-corrected chi connectivity index (χ4v) is 4.31. The topological polar surface area (TPSA) is 75.5 Å². The molecule has 0 radical (unpaired) electrons. The summed E-state index contributed by atoms with van der Waals surface area (Å²) in [5, 5.41) is 13.9. The molecule has 0 spiro atoms. The van der Waals surface area contributed by atoms with E-state index in [4.69, 9.17) is 0 Å². The Morgan fingerprint density at radius 3 is 2.48 bits per heavy atom. The fourth-order valence-electron chi connectivity index (χ4n) is 4.31. The molecule has 3 saturated heterocycles. The molecule has 140 valence electrons. The van der Waals surface area contributed by atoms with Crippen LogP contribution in [0.3, 0.4) is 0 Å². The lowest BCUT2D eigenvalue weighted by molar-refractivity contribution is -0.384. The van der Waals surface area contributed by atoms with Crippen molar-refractivity contribution >= 4 is 17.3 Å². The largest absolute Gasteiger partial charge is 0.326 e. The Bertz CT molecular complexity index is 842. The molecule has 2 bridgehead atoms. The summed E-state index contributed by atoms with van der Waals surface area (Å²) in [5.41, 5.74) is 2.50. The standard InChI is InChI=1S/C21H23N3O3/c25-21(13-18-14-23-10-8-16(18)9-11-23)22-19-6-4-15(5-7-19)17-2-1-3-20(12-17)24(26)27/h1-7,12,16,18H,8-11,13-14H2,(H,22,25). The molecule has 1 unspecified atom stereocenters. The van der Waals surface area contributed by atoms with Crippen molar-refractivity contribution in [3.05, 3.63) is 58.6 Å². The van der Waals surface area contributed by atoms with Gasteiger partial charge in [-0.2, -0.15) is 0 Å². The van der Waals surface area contributed by atoms with Crippen molar-refractivity contribution in [2.24, 2.45) is 11.8 Å². The average molecular weight is 365 g/mol. The van der Waals surface area contributed by atoms with Crippen molar-refractivity contribution < 1.29 is 9.72 Å². The van der Waals surface area contributed by atoms with Gasteiger partial charge in [0.1, 0.15) is 0 Å². The van der Waals surface area contributed by atoms with Gasteiger partial charge < -0.3 is 10.2 Å². The molecule has 1 N–H and O–H groups in total. The highest BCUT2D eigenvalue weighted by Crippen LogP contribution is 2.34. The van der Waals surface area contributed by atoms with Crippen molar-refractivity contribution in [3.63, 3.8) is 0 Å². The maximum absolute atomic E-state index is 12.4. The first kappa shape index (κ1) is 17.7. The second-order valence-electron chi connectivity index (χ2n) is 7.54. The van der Waals surface area contributed by atoms with E-state index in [0.29, 0.717) is 18.3 Å². The predicted molar refractivity (Wildman–Crippen MR) is 104 cm³/mol. The zero-order chi connectivity index (χ0) is 18.8. The van der Waals surface area contributed by atoms with Crippen molar-refractivity contribution in [3.8, 4) is 11.1 Å². The molecule has 0 aromatic heterocycles. The number of nitrogens with one attached hydrogen (secondary N) is 1. The molecule has 6 heteroatoms. The van der Waals surface area contributed by atoms with E-state index in [-0.39, 0.29) is 11.6 Å². The molecule has 3 heterocycles. The number of benzene rings is 2. The maximum Gasteiger partial charge on any atom is 0.270 e. The van der Waals surface area contributed by atoms with E-state index in [1.54, 1.807) is 12.1 Å². The monoisotopic (exact) mass is 365 g/mol. The Labute approximate surface area is 158 Å². The molecule has 2 aromatic carbocycles. The Hall–Kier alpha value is -2.73. The third-order valence-electron chi connectivity index (χ3n) is 5.80. The van der Waals surface area contributed by atoms with Gasteiger partial charge in [-0.05, 0) is 61.0 Å². The Balaban J connectivity index is 1.38. The molecule has 3 fully saturated rings. The minimum Gasteiger partial charge on any atom is -0.326 e. The number of nitro groups is 1. The second-order valence-corrected chi connectivity index (χ2v) is 7.54. The number of amides is 1. The van der Waals surface area contributed by atoms with Gasteiger partial charge in [-0.3, -0.25) is 14.9 Å². The number of rotatable bonds is 5. The zero-order valence-corrected chi connectivity index (χ0v) is 15.1. The van der Waals surface area contributed by atoms with Gasteiger partial charge >= 0.3 is 0 Å². The van der Waals surface area contributed by atoms with Gasteiger partial charge in [-0.25, -0.2) is 0 Å². The summed E-state index contributed by atoms with van der Waals surface area (Å²) >= 11 is 0. The number of hydrogen-bond acceptors (Lipinski definition) is 4. The fraction of sp³-hybridized carbons (Fsp3) is 0.381. The van der Waals surface area contributed by atoms with Crippen LogP contribution in [0.15, 0.2) is 48.5 Å². The SMILES string of the molecule is O=C(CC1CN2CCC1CC2)Nc1ccc(-c2cccc([N+](=O)[O-])c2)cc1. The lowest BCUT2D eigenvalue weighted by atomic mass is 9.77. The molecule has 5 rings (SSSR count). The first-order valence-electron chi connectivity index (χ1n) is 9.45. The van der Waals surface area contributed by atoms with Crippen molar-refractivity contribution in [1.82, 2.24) is 4.90 Å². The number of nitrogens with zero attached hydrogens (tertiary/aromatic N) is 2. The predicted octanol–water partition coefficient (Wildman–Crippen LogP) is 3.93. The summed E-state index contributed by atoms with van der Waals surface area (Å²) in [6.45, 7) is 3.41. The van der Waals surface area contributed by atoms with Crippen LogP contribution in [0.1, 0.15) is 19.3 Å². The number of hydrogen-bond donors (Lipinski definition) is 1. The van der Waals surface area contributed by atoms with E-state index in [0.717, 1.165) is 23.4 Å². The molecule has 0 saturated carbocycles. The second kappa shape index (κ2) is 7.48. The Morgan fingerprint density at radius 1 is 1.11 bits per heavy atom. The average Bonchev–Trinajstić information content (AvgIpc) is 2.69. The molecule has 3 aliphatic rings. The van der Waals surface area contributed by atoms with Crippen LogP contribution in [-0.4, -0.2) is 35.4 Å². The van der Waals surface area contributed by atoms with Crippen LogP contribution in [0.5, 0.6) is 0 Å². The summed E-state index contributed by atoms with van der Waals surface area (Å²) in [6.07, 6.45) is 3.01. The molecule has 0 aliphatic carbocycles. The van der Waals surface area contributed by atoms with Crippen molar-refractivity contribution in [2.75, 3.05) is 25.0 Å². The molecule has 6 nitrogen and oxygen atoms in total. The number of nitro benzene ring substituents is 1. The number of non-ortho nitro benzene ring substituents is 1. The quantitative estimate of drug-likeness (QED) is 0.643. The summed E-state index contributed by atoms with van der Waals surface area (Å²) in [5.74, 6) is 1.23. The highest BCUT2D eigenvalue weighted by atomic mass is 16.6. The van der Waals surface area contributed by atoms with Crippen LogP contribution in [-0.2, 0) is 4.79 Å². The maximum atomic E-state index is 12.4.